The molecule has 144 valence electrons. The number of primary amides is 1. The minimum absolute atomic E-state index is 0. The number of halogens is 2. The Labute approximate surface area is 172 Å². The highest BCUT2D eigenvalue weighted by molar-refractivity contribution is 14.0. The number of nitrogens with two attached hydrogens (primary N) is 1. The number of nitrogens with one attached hydrogen (secondary N) is 3. The molecular weight excluding hydrogens is 464 g/mol. The number of fused-ring (bicyclic) bond motifs is 1. The van der Waals surface area contributed by atoms with Gasteiger partial charge in [-0.2, -0.15) is 0 Å². The van der Waals surface area contributed by atoms with Gasteiger partial charge in [0.05, 0.1) is 6.54 Å². The van der Waals surface area contributed by atoms with Crippen molar-refractivity contribution in [2.45, 2.75) is 13.0 Å². The predicted molar refractivity (Wildman–Crippen MR) is 113 cm³/mol. The van der Waals surface area contributed by atoms with Crippen LogP contribution in [-0.2, 0) is 13.0 Å². The number of aromatic amines is 1. The van der Waals surface area contributed by atoms with Crippen molar-refractivity contribution in [3.63, 3.8) is 0 Å². The first-order chi connectivity index (χ1) is 12.6. The van der Waals surface area contributed by atoms with E-state index in [4.69, 9.17) is 10.2 Å². The van der Waals surface area contributed by atoms with Gasteiger partial charge in [-0.05, 0) is 42.3 Å². The highest BCUT2D eigenvalue weighted by Crippen LogP contribution is 2.19. The van der Waals surface area contributed by atoms with Gasteiger partial charge in [-0.15, -0.1) is 24.0 Å². The standard InChI is InChI=1S/C18H20FN5O2.HI/c1-21-18(24-10-13-3-5-16(26-13)17(20)25)22-7-6-11-9-23-15-8-12(19)2-4-14(11)15;/h2-5,8-9,23H,6-7,10H2,1H3,(H2,20,25)(H2,21,22,24);1H. The molecule has 3 rings (SSSR count). The van der Waals surface area contributed by atoms with Gasteiger partial charge in [0, 0.05) is 30.7 Å². The molecule has 0 unspecified atom stereocenters. The lowest BCUT2D eigenvalue weighted by atomic mass is 10.1. The number of nitrogens with zero attached hydrogens (tertiary/aromatic N) is 1. The zero-order valence-corrected chi connectivity index (χ0v) is 17.0. The van der Waals surface area contributed by atoms with E-state index in [1.807, 2.05) is 6.20 Å². The first-order valence-corrected chi connectivity index (χ1v) is 8.15. The van der Waals surface area contributed by atoms with E-state index in [2.05, 4.69) is 20.6 Å². The molecule has 0 aliphatic carbocycles. The third-order valence-corrected chi connectivity index (χ3v) is 3.97. The van der Waals surface area contributed by atoms with Gasteiger partial charge in [-0.3, -0.25) is 9.79 Å². The lowest BCUT2D eigenvalue weighted by Crippen LogP contribution is -2.37. The number of guanidine groups is 1. The lowest BCUT2D eigenvalue weighted by Gasteiger charge is -2.10. The molecule has 2 aromatic heterocycles. The van der Waals surface area contributed by atoms with Crippen LogP contribution in [0.4, 0.5) is 4.39 Å². The average Bonchev–Trinajstić information content (AvgIpc) is 3.25. The minimum Gasteiger partial charge on any atom is -0.454 e. The number of aliphatic imine (C=N–C) groups is 1. The van der Waals surface area contributed by atoms with Crippen LogP contribution in [0.2, 0.25) is 0 Å². The predicted octanol–water partition coefficient (Wildman–Crippen LogP) is 2.52. The molecule has 1 amide bonds. The van der Waals surface area contributed by atoms with Crippen molar-refractivity contribution in [3.05, 3.63) is 59.4 Å². The summed E-state index contributed by atoms with van der Waals surface area (Å²) in [6, 6.07) is 7.94. The number of furan rings is 1. The molecule has 27 heavy (non-hydrogen) atoms. The molecule has 7 nitrogen and oxygen atoms in total. The Bertz CT molecular complexity index is 950. The molecule has 1 aromatic carbocycles. The number of aromatic nitrogens is 1. The van der Waals surface area contributed by atoms with Crippen molar-refractivity contribution in [1.29, 1.82) is 0 Å². The fourth-order valence-corrected chi connectivity index (χ4v) is 2.68. The van der Waals surface area contributed by atoms with Crippen molar-refractivity contribution in [3.8, 4) is 0 Å². The molecule has 0 spiro atoms. The van der Waals surface area contributed by atoms with E-state index in [-0.39, 0.29) is 35.6 Å². The Morgan fingerprint density at radius 2 is 2.11 bits per heavy atom. The summed E-state index contributed by atoms with van der Waals surface area (Å²) >= 11 is 0. The van der Waals surface area contributed by atoms with Crippen LogP contribution in [-0.4, -0.2) is 30.4 Å². The van der Waals surface area contributed by atoms with Crippen molar-refractivity contribution in [1.82, 2.24) is 15.6 Å². The van der Waals surface area contributed by atoms with Gasteiger partial charge in [0.2, 0.25) is 0 Å². The van der Waals surface area contributed by atoms with Gasteiger partial charge in [0.25, 0.3) is 5.91 Å². The molecule has 0 atom stereocenters. The largest absolute Gasteiger partial charge is 0.454 e. The van der Waals surface area contributed by atoms with Gasteiger partial charge in [0.15, 0.2) is 11.7 Å². The normalized spacial score (nSPS) is 11.3. The molecule has 0 saturated heterocycles. The first kappa shape index (κ1) is 20.7. The van der Waals surface area contributed by atoms with Crippen molar-refractivity contribution in [2.75, 3.05) is 13.6 Å². The summed E-state index contributed by atoms with van der Waals surface area (Å²) in [4.78, 5) is 18.2. The van der Waals surface area contributed by atoms with Crippen LogP contribution in [0.1, 0.15) is 21.9 Å². The van der Waals surface area contributed by atoms with E-state index in [1.165, 1.54) is 18.2 Å². The molecule has 0 saturated carbocycles. The fourth-order valence-electron chi connectivity index (χ4n) is 2.68. The Morgan fingerprint density at radius 1 is 1.30 bits per heavy atom. The molecule has 5 N–H and O–H groups in total. The summed E-state index contributed by atoms with van der Waals surface area (Å²) in [5.41, 5.74) is 7.04. The number of amides is 1. The second-order valence-corrected chi connectivity index (χ2v) is 5.74. The molecule has 0 fully saturated rings. The molecule has 2 heterocycles. The van der Waals surface area contributed by atoms with E-state index in [0.717, 1.165) is 22.9 Å². The van der Waals surface area contributed by atoms with Crippen LogP contribution in [0.3, 0.4) is 0 Å². The smallest absolute Gasteiger partial charge is 0.284 e. The lowest BCUT2D eigenvalue weighted by molar-refractivity contribution is 0.0972. The Morgan fingerprint density at radius 3 is 2.81 bits per heavy atom. The number of H-pyrrole nitrogens is 1. The van der Waals surface area contributed by atoms with Crippen LogP contribution in [0.25, 0.3) is 10.9 Å². The number of hydrogen-bond donors (Lipinski definition) is 4. The maximum Gasteiger partial charge on any atom is 0.284 e. The third kappa shape index (κ3) is 5.22. The minimum atomic E-state index is -0.600. The Balaban J connectivity index is 0.00000261. The van der Waals surface area contributed by atoms with Crippen molar-refractivity contribution >= 4 is 46.7 Å². The van der Waals surface area contributed by atoms with Gasteiger partial charge in [-0.25, -0.2) is 4.39 Å². The van der Waals surface area contributed by atoms with Crippen LogP contribution < -0.4 is 16.4 Å². The van der Waals surface area contributed by atoms with Crippen molar-refractivity contribution in [2.24, 2.45) is 10.7 Å². The second-order valence-electron chi connectivity index (χ2n) is 5.74. The van der Waals surface area contributed by atoms with E-state index in [0.29, 0.717) is 24.8 Å². The SMILES string of the molecule is CN=C(NCCc1c[nH]c2cc(F)ccc12)NCc1ccc(C(N)=O)o1.I. The quantitative estimate of drug-likeness (QED) is 0.245. The highest BCUT2D eigenvalue weighted by Gasteiger charge is 2.08. The average molecular weight is 485 g/mol. The number of benzene rings is 1. The molecule has 9 heteroatoms. The van der Waals surface area contributed by atoms with E-state index in [9.17, 15) is 9.18 Å². The summed E-state index contributed by atoms with van der Waals surface area (Å²) in [6.07, 6.45) is 2.63. The number of carbonyl (C=O) groups excluding carboxylic acids is 1. The monoisotopic (exact) mass is 485 g/mol. The molecular formula is C18H21FIN5O2. The van der Waals surface area contributed by atoms with Crippen LogP contribution in [0.15, 0.2) is 45.9 Å². The van der Waals surface area contributed by atoms with E-state index in [1.54, 1.807) is 19.2 Å². The molecule has 3 aromatic rings. The van der Waals surface area contributed by atoms with E-state index >= 15 is 0 Å². The van der Waals surface area contributed by atoms with Crippen LogP contribution >= 0.6 is 24.0 Å². The van der Waals surface area contributed by atoms with E-state index < -0.39 is 5.91 Å². The van der Waals surface area contributed by atoms with Crippen LogP contribution in [0.5, 0.6) is 0 Å². The molecule has 0 bridgehead atoms. The summed E-state index contributed by atoms with van der Waals surface area (Å²) in [6.45, 7) is 1.02. The Kier molecular flexibility index (Phi) is 7.22. The van der Waals surface area contributed by atoms with Crippen molar-refractivity contribution < 1.29 is 13.6 Å². The second kappa shape index (κ2) is 9.40. The van der Waals surface area contributed by atoms with Crippen LogP contribution in [0, 0.1) is 5.82 Å². The third-order valence-electron chi connectivity index (χ3n) is 3.97. The Hall–Kier alpha value is -2.56. The topological polar surface area (TPSA) is 108 Å². The summed E-state index contributed by atoms with van der Waals surface area (Å²) < 4.78 is 18.5. The highest BCUT2D eigenvalue weighted by atomic mass is 127. The molecule has 0 aliphatic heterocycles. The van der Waals surface area contributed by atoms with Gasteiger partial charge >= 0.3 is 0 Å². The number of carbonyl (C=O) groups is 1. The summed E-state index contributed by atoms with van der Waals surface area (Å²) in [7, 11) is 1.67. The first-order valence-electron chi connectivity index (χ1n) is 8.15. The number of hydrogen-bond acceptors (Lipinski definition) is 3. The summed E-state index contributed by atoms with van der Waals surface area (Å²) in [5, 5.41) is 7.30. The number of rotatable bonds is 6. The van der Waals surface area contributed by atoms with Gasteiger partial charge < -0.3 is 25.8 Å². The van der Waals surface area contributed by atoms with Gasteiger partial charge in [-0.1, -0.05) is 0 Å². The maximum absolute atomic E-state index is 13.2. The zero-order chi connectivity index (χ0) is 18.5. The zero-order valence-electron chi connectivity index (χ0n) is 14.7. The fraction of sp³-hybridized carbons (Fsp3) is 0.222. The summed E-state index contributed by atoms with van der Waals surface area (Å²) in [5.74, 6) is 0.456. The maximum atomic E-state index is 13.2. The molecule has 0 radical (unpaired) electrons. The van der Waals surface area contributed by atoms with Gasteiger partial charge in [0.1, 0.15) is 11.6 Å². The molecule has 0 aliphatic rings.